The van der Waals surface area contributed by atoms with Crippen LogP contribution < -0.4 is 11.5 Å². The maximum atomic E-state index is 6.52. The average molecular weight is 322 g/mol. The molecule has 0 spiro atoms. The topological polar surface area (TPSA) is 52.0 Å². The van der Waals surface area contributed by atoms with Crippen molar-refractivity contribution in [1.29, 1.82) is 0 Å². The number of hydrogen-bond acceptors (Lipinski definition) is 2. The van der Waals surface area contributed by atoms with Gasteiger partial charge in [-0.1, -0.05) is 60.7 Å². The molecule has 2 nitrogen and oxygen atoms in total. The van der Waals surface area contributed by atoms with Crippen LogP contribution in [-0.2, 0) is 12.8 Å². The second-order valence-electron chi connectivity index (χ2n) is 7.42. The van der Waals surface area contributed by atoms with Crippen LogP contribution in [0.5, 0.6) is 0 Å². The molecular formula is C22H30N2. The summed E-state index contributed by atoms with van der Waals surface area (Å²) in [4.78, 5) is 0. The number of hydrogen-bond donors (Lipinski definition) is 2. The molecule has 0 amide bonds. The quantitative estimate of drug-likeness (QED) is 0.780. The van der Waals surface area contributed by atoms with Gasteiger partial charge in [0.05, 0.1) is 5.66 Å². The van der Waals surface area contributed by atoms with Gasteiger partial charge in [0.1, 0.15) is 0 Å². The van der Waals surface area contributed by atoms with Crippen molar-refractivity contribution >= 4 is 0 Å². The van der Waals surface area contributed by atoms with Crippen molar-refractivity contribution in [2.45, 2.75) is 50.6 Å². The van der Waals surface area contributed by atoms with E-state index in [1.165, 1.54) is 24.0 Å². The fraction of sp³-hybridized carbons (Fsp3) is 0.455. The van der Waals surface area contributed by atoms with Crippen molar-refractivity contribution in [3.63, 3.8) is 0 Å². The third kappa shape index (κ3) is 4.46. The fourth-order valence-electron chi connectivity index (χ4n) is 4.31. The van der Waals surface area contributed by atoms with Crippen LogP contribution in [0.2, 0.25) is 0 Å². The molecule has 128 valence electrons. The molecule has 0 saturated heterocycles. The third-order valence-corrected chi connectivity index (χ3v) is 5.68. The Morgan fingerprint density at radius 1 is 0.792 bits per heavy atom. The summed E-state index contributed by atoms with van der Waals surface area (Å²) >= 11 is 0. The summed E-state index contributed by atoms with van der Waals surface area (Å²) in [5.41, 5.74) is 15.4. The molecule has 0 bridgehead atoms. The summed E-state index contributed by atoms with van der Waals surface area (Å²) in [6.45, 7) is 0. The second-order valence-corrected chi connectivity index (χ2v) is 7.42. The summed E-state index contributed by atoms with van der Waals surface area (Å²) in [5.74, 6) is 1.05. The van der Waals surface area contributed by atoms with Crippen LogP contribution in [0.1, 0.15) is 43.2 Å². The van der Waals surface area contributed by atoms with Gasteiger partial charge in [0, 0.05) is 0 Å². The maximum absolute atomic E-state index is 6.52. The first-order valence-corrected chi connectivity index (χ1v) is 9.31. The number of rotatable bonds is 6. The van der Waals surface area contributed by atoms with E-state index >= 15 is 0 Å². The summed E-state index contributed by atoms with van der Waals surface area (Å²) in [6, 6.07) is 21.5. The van der Waals surface area contributed by atoms with Gasteiger partial charge < -0.3 is 11.5 Å². The van der Waals surface area contributed by atoms with Crippen molar-refractivity contribution in [2.75, 3.05) is 0 Å². The molecule has 2 aromatic carbocycles. The molecule has 24 heavy (non-hydrogen) atoms. The molecule has 0 aliphatic heterocycles. The molecule has 2 aromatic rings. The lowest BCUT2D eigenvalue weighted by molar-refractivity contribution is 0.107. The highest BCUT2D eigenvalue weighted by Crippen LogP contribution is 2.39. The molecule has 0 aromatic heterocycles. The number of aryl methyl sites for hydroxylation is 2. The fourth-order valence-corrected chi connectivity index (χ4v) is 4.31. The summed E-state index contributed by atoms with van der Waals surface area (Å²) in [6.07, 6.45) is 7.87. The van der Waals surface area contributed by atoms with Gasteiger partial charge in [0.25, 0.3) is 0 Å². The highest BCUT2D eigenvalue weighted by Gasteiger charge is 2.39. The van der Waals surface area contributed by atoms with E-state index < -0.39 is 5.66 Å². The summed E-state index contributed by atoms with van der Waals surface area (Å²) in [7, 11) is 0. The lowest BCUT2D eigenvalue weighted by Gasteiger charge is -2.44. The molecule has 1 saturated carbocycles. The van der Waals surface area contributed by atoms with Gasteiger partial charge >= 0.3 is 0 Å². The smallest absolute Gasteiger partial charge is 0.0668 e. The molecule has 2 heteroatoms. The van der Waals surface area contributed by atoms with E-state index in [9.17, 15) is 0 Å². The minimum atomic E-state index is -0.506. The Balaban J connectivity index is 1.64. The lowest BCUT2D eigenvalue weighted by Crippen LogP contribution is -2.59. The SMILES string of the molecule is NC1(N)CCCC(CCc2ccccc2)C1CCc1ccccc1. The van der Waals surface area contributed by atoms with Crippen molar-refractivity contribution in [1.82, 2.24) is 0 Å². The van der Waals surface area contributed by atoms with E-state index in [0.717, 1.165) is 32.1 Å². The first-order valence-electron chi connectivity index (χ1n) is 9.31. The zero-order chi connectivity index (χ0) is 16.8. The minimum absolute atomic E-state index is 0.412. The standard InChI is InChI=1S/C22H30N2/c23-22(24)17-7-12-20(15-13-18-8-3-1-4-9-18)21(22)16-14-19-10-5-2-6-11-19/h1-6,8-11,20-21H,7,12-17,23-24H2. The molecule has 2 atom stereocenters. The molecular weight excluding hydrogens is 292 g/mol. The largest absolute Gasteiger partial charge is 0.313 e. The maximum Gasteiger partial charge on any atom is 0.0668 e. The van der Waals surface area contributed by atoms with E-state index in [1.54, 1.807) is 0 Å². The van der Waals surface area contributed by atoms with Gasteiger partial charge in [-0.3, -0.25) is 0 Å². The van der Waals surface area contributed by atoms with Crippen molar-refractivity contribution in [3.8, 4) is 0 Å². The van der Waals surface area contributed by atoms with Crippen LogP contribution in [0.4, 0.5) is 0 Å². The summed E-state index contributed by atoms with van der Waals surface area (Å²) in [5, 5.41) is 0. The van der Waals surface area contributed by atoms with E-state index in [2.05, 4.69) is 60.7 Å². The molecule has 4 N–H and O–H groups in total. The van der Waals surface area contributed by atoms with E-state index in [1.807, 2.05) is 0 Å². The molecule has 0 heterocycles. The van der Waals surface area contributed by atoms with Gasteiger partial charge in [0.2, 0.25) is 0 Å². The first kappa shape index (κ1) is 17.2. The molecule has 3 rings (SSSR count). The Morgan fingerprint density at radius 2 is 1.33 bits per heavy atom. The average Bonchev–Trinajstić information content (AvgIpc) is 2.60. The molecule has 1 fully saturated rings. The molecule has 1 aliphatic carbocycles. The van der Waals surface area contributed by atoms with Gasteiger partial charge in [-0.2, -0.15) is 0 Å². The van der Waals surface area contributed by atoms with Gasteiger partial charge in [0.15, 0.2) is 0 Å². The van der Waals surface area contributed by atoms with E-state index in [4.69, 9.17) is 11.5 Å². The van der Waals surface area contributed by atoms with Crippen LogP contribution in [0.15, 0.2) is 60.7 Å². The molecule has 2 unspecified atom stereocenters. The predicted octanol–water partition coefficient (Wildman–Crippen LogP) is 4.28. The van der Waals surface area contributed by atoms with Crippen LogP contribution in [-0.4, -0.2) is 5.66 Å². The van der Waals surface area contributed by atoms with Crippen LogP contribution in [0, 0.1) is 11.8 Å². The first-order chi connectivity index (χ1) is 11.6. The van der Waals surface area contributed by atoms with Crippen molar-refractivity contribution < 1.29 is 0 Å². The van der Waals surface area contributed by atoms with Crippen LogP contribution >= 0.6 is 0 Å². The Morgan fingerprint density at radius 3 is 1.92 bits per heavy atom. The zero-order valence-corrected chi connectivity index (χ0v) is 14.5. The minimum Gasteiger partial charge on any atom is -0.313 e. The number of nitrogens with two attached hydrogens (primary N) is 2. The van der Waals surface area contributed by atoms with Gasteiger partial charge in [-0.15, -0.1) is 0 Å². The Kier molecular flexibility index (Phi) is 5.70. The van der Waals surface area contributed by atoms with Gasteiger partial charge in [-0.25, -0.2) is 0 Å². The second kappa shape index (κ2) is 7.96. The van der Waals surface area contributed by atoms with Gasteiger partial charge in [-0.05, 0) is 67.9 Å². The third-order valence-electron chi connectivity index (χ3n) is 5.68. The summed E-state index contributed by atoms with van der Waals surface area (Å²) < 4.78 is 0. The van der Waals surface area contributed by atoms with Crippen molar-refractivity contribution in [3.05, 3.63) is 71.8 Å². The Hall–Kier alpha value is -1.64. The predicted molar refractivity (Wildman–Crippen MR) is 101 cm³/mol. The van der Waals surface area contributed by atoms with Crippen LogP contribution in [0.3, 0.4) is 0 Å². The van der Waals surface area contributed by atoms with Crippen molar-refractivity contribution in [2.24, 2.45) is 23.3 Å². The van der Waals surface area contributed by atoms with E-state index in [0.29, 0.717) is 11.8 Å². The van der Waals surface area contributed by atoms with Crippen LogP contribution in [0.25, 0.3) is 0 Å². The number of benzene rings is 2. The zero-order valence-electron chi connectivity index (χ0n) is 14.5. The van der Waals surface area contributed by atoms with E-state index in [-0.39, 0.29) is 0 Å². The Bertz CT molecular complexity index is 606. The highest BCUT2D eigenvalue weighted by molar-refractivity contribution is 5.16. The Labute approximate surface area is 146 Å². The highest BCUT2D eigenvalue weighted by atomic mass is 15.0. The molecule has 1 aliphatic rings. The lowest BCUT2D eigenvalue weighted by atomic mass is 9.68. The monoisotopic (exact) mass is 322 g/mol. The normalized spacial score (nSPS) is 23.1. The molecule has 0 radical (unpaired) electrons.